The molecule has 5 atom stereocenters. The Morgan fingerprint density at radius 1 is 1.33 bits per heavy atom. The van der Waals surface area contributed by atoms with Gasteiger partial charge in [0.1, 0.15) is 6.10 Å². The van der Waals surface area contributed by atoms with Crippen molar-refractivity contribution in [2.45, 2.75) is 39.0 Å². The van der Waals surface area contributed by atoms with Gasteiger partial charge in [-0.15, -0.1) is 11.3 Å². The molecular weight excluding hydrogens is 464 g/mol. The molecule has 3 aromatic rings. The minimum absolute atomic E-state index is 0.277. The van der Waals surface area contributed by atoms with Crippen molar-refractivity contribution in [2.75, 3.05) is 18.9 Å². The van der Waals surface area contributed by atoms with Crippen LogP contribution in [-0.2, 0) is 4.79 Å². The molecule has 1 saturated carbocycles. The summed E-state index contributed by atoms with van der Waals surface area (Å²) < 4.78 is 2.35. The number of carbonyl (C=O) groups excluding carboxylic acids is 1. The number of amides is 1. The molecule has 0 aromatic carbocycles. The van der Waals surface area contributed by atoms with Gasteiger partial charge in [0.25, 0.3) is 0 Å². The molecule has 0 spiro atoms. The Morgan fingerprint density at radius 2 is 2.09 bits per heavy atom. The zero-order chi connectivity index (χ0) is 23.9. The first-order valence-electron chi connectivity index (χ1n) is 10.6. The Bertz CT molecular complexity index is 1260. The number of nitrogens with one attached hydrogen (secondary N) is 2. The van der Waals surface area contributed by atoms with Crippen LogP contribution in [0, 0.1) is 23.2 Å². The Kier molecular flexibility index (Phi) is 6.33. The third-order valence-corrected chi connectivity index (χ3v) is 7.57. The van der Waals surface area contributed by atoms with E-state index in [1.54, 1.807) is 23.9 Å². The fraction of sp³-hybridized carbons (Fsp3) is 0.455. The number of rotatable bonds is 4. The maximum Gasteiger partial charge on any atom is 0.228 e. The SMILES string of the molecule is CCNc1nc(C#Cc2ccc(Cl)s2)nc2c1ncn2C1C(O)C(O)[C@@](C)(C(=O)NC)[C@@H]1C. The third kappa shape index (κ3) is 3.85. The molecule has 0 saturated heterocycles. The van der Waals surface area contributed by atoms with Gasteiger partial charge in [0.15, 0.2) is 17.0 Å². The fourth-order valence-electron chi connectivity index (χ4n) is 4.46. The molecule has 0 aliphatic heterocycles. The van der Waals surface area contributed by atoms with E-state index >= 15 is 0 Å². The molecule has 11 heteroatoms. The first-order valence-corrected chi connectivity index (χ1v) is 11.8. The molecule has 1 aliphatic carbocycles. The molecule has 9 nitrogen and oxygen atoms in total. The smallest absolute Gasteiger partial charge is 0.228 e. The van der Waals surface area contributed by atoms with E-state index in [1.807, 2.05) is 19.9 Å². The molecule has 1 amide bonds. The molecule has 1 aliphatic rings. The Balaban J connectivity index is 1.83. The highest BCUT2D eigenvalue weighted by atomic mass is 35.5. The number of imidazole rings is 1. The second-order valence-corrected chi connectivity index (χ2v) is 9.90. The van der Waals surface area contributed by atoms with Crippen molar-refractivity contribution < 1.29 is 15.0 Å². The quantitative estimate of drug-likeness (QED) is 0.414. The highest BCUT2D eigenvalue weighted by Crippen LogP contribution is 2.50. The van der Waals surface area contributed by atoms with Gasteiger partial charge < -0.3 is 25.4 Å². The largest absolute Gasteiger partial charge is 0.389 e. The monoisotopic (exact) mass is 488 g/mol. The van der Waals surface area contributed by atoms with Crippen LogP contribution in [0.25, 0.3) is 11.2 Å². The molecule has 1 fully saturated rings. The summed E-state index contributed by atoms with van der Waals surface area (Å²) >= 11 is 7.35. The number of aliphatic hydroxyl groups excluding tert-OH is 2. The highest BCUT2D eigenvalue weighted by molar-refractivity contribution is 7.16. The molecule has 0 bridgehead atoms. The van der Waals surface area contributed by atoms with Crippen molar-refractivity contribution in [2.24, 2.45) is 11.3 Å². The van der Waals surface area contributed by atoms with E-state index < -0.39 is 29.6 Å². The summed E-state index contributed by atoms with van der Waals surface area (Å²) in [5.74, 6) is 6.03. The lowest BCUT2D eigenvalue weighted by atomic mass is 9.77. The van der Waals surface area contributed by atoms with Gasteiger partial charge in [0.05, 0.1) is 33.1 Å². The van der Waals surface area contributed by atoms with E-state index in [9.17, 15) is 15.0 Å². The van der Waals surface area contributed by atoms with E-state index in [2.05, 4.69) is 37.4 Å². The number of anilines is 1. The number of halogens is 1. The van der Waals surface area contributed by atoms with Crippen molar-refractivity contribution in [1.29, 1.82) is 0 Å². The van der Waals surface area contributed by atoms with Crippen LogP contribution >= 0.6 is 22.9 Å². The van der Waals surface area contributed by atoms with E-state index in [-0.39, 0.29) is 11.7 Å². The van der Waals surface area contributed by atoms with E-state index in [1.165, 1.54) is 18.4 Å². The van der Waals surface area contributed by atoms with Gasteiger partial charge in [0, 0.05) is 13.6 Å². The summed E-state index contributed by atoms with van der Waals surface area (Å²) in [6, 6.07) is 2.97. The van der Waals surface area contributed by atoms with Gasteiger partial charge in [-0.2, -0.15) is 0 Å². The molecular formula is C22H25ClN6O3S. The lowest BCUT2D eigenvalue weighted by molar-refractivity contribution is -0.139. The predicted molar refractivity (Wildman–Crippen MR) is 127 cm³/mol. The summed E-state index contributed by atoms with van der Waals surface area (Å²) in [6.07, 6.45) is -0.892. The fourth-order valence-corrected chi connectivity index (χ4v) is 5.35. The average Bonchev–Trinajstić information content (AvgIpc) is 3.46. The van der Waals surface area contributed by atoms with Crippen LogP contribution in [0.5, 0.6) is 0 Å². The van der Waals surface area contributed by atoms with Gasteiger partial charge in [-0.05, 0) is 43.7 Å². The van der Waals surface area contributed by atoms with Gasteiger partial charge in [-0.3, -0.25) is 4.79 Å². The van der Waals surface area contributed by atoms with E-state index in [4.69, 9.17) is 11.6 Å². The number of nitrogens with zero attached hydrogens (tertiary/aromatic N) is 4. The summed E-state index contributed by atoms with van der Waals surface area (Å²) in [4.78, 5) is 27.0. The lowest BCUT2D eigenvalue weighted by Crippen LogP contribution is -2.47. The molecule has 4 N–H and O–H groups in total. The minimum atomic E-state index is -1.26. The van der Waals surface area contributed by atoms with E-state index in [0.29, 0.717) is 27.9 Å². The molecule has 3 unspecified atom stereocenters. The lowest BCUT2D eigenvalue weighted by Gasteiger charge is -2.31. The van der Waals surface area contributed by atoms with Crippen LogP contribution in [0.3, 0.4) is 0 Å². The van der Waals surface area contributed by atoms with Crippen LogP contribution < -0.4 is 10.6 Å². The predicted octanol–water partition coefficient (Wildman–Crippen LogP) is 2.04. The van der Waals surface area contributed by atoms with Crippen molar-refractivity contribution in [1.82, 2.24) is 24.8 Å². The van der Waals surface area contributed by atoms with Gasteiger partial charge in [-0.25, -0.2) is 15.0 Å². The van der Waals surface area contributed by atoms with Crippen molar-refractivity contribution in [3.05, 3.63) is 33.5 Å². The van der Waals surface area contributed by atoms with Crippen molar-refractivity contribution >= 4 is 45.8 Å². The zero-order valence-electron chi connectivity index (χ0n) is 18.6. The van der Waals surface area contributed by atoms with E-state index in [0.717, 1.165) is 4.88 Å². The number of hydrogen-bond donors (Lipinski definition) is 4. The van der Waals surface area contributed by atoms with Gasteiger partial charge in [-0.1, -0.05) is 18.5 Å². The second-order valence-electron chi connectivity index (χ2n) is 8.18. The standard InChI is InChI=1S/C22H25ClN6O3S/c1-5-25-19-15-20(28-14(27-19)9-7-12-6-8-13(23)33-12)29(10-26-15)16-11(2)22(3,21(32)24-4)18(31)17(16)30/h6,8,10-11,16-18,30-31H,5H2,1-4H3,(H,24,32)(H,25,27,28)/t11-,16?,17?,18?,22+/m1/s1. The second kappa shape index (κ2) is 8.91. The molecule has 4 rings (SSSR count). The number of thiophene rings is 1. The zero-order valence-corrected chi connectivity index (χ0v) is 20.2. The van der Waals surface area contributed by atoms with Gasteiger partial charge >= 0.3 is 0 Å². The topological polar surface area (TPSA) is 125 Å². The van der Waals surface area contributed by atoms with Crippen LogP contribution in [0.4, 0.5) is 5.82 Å². The average molecular weight is 489 g/mol. The molecule has 33 heavy (non-hydrogen) atoms. The number of carbonyl (C=O) groups is 1. The number of aromatic nitrogens is 4. The molecule has 174 valence electrons. The summed E-state index contributed by atoms with van der Waals surface area (Å²) in [6.45, 7) is 6.05. The Hall–Kier alpha value is -2.71. The van der Waals surface area contributed by atoms with Crippen molar-refractivity contribution in [3.63, 3.8) is 0 Å². The number of fused-ring (bicyclic) bond motifs is 1. The van der Waals surface area contributed by atoms with Crippen molar-refractivity contribution in [3.8, 4) is 11.8 Å². The van der Waals surface area contributed by atoms with Crippen LogP contribution in [0.2, 0.25) is 4.34 Å². The summed E-state index contributed by atoms with van der Waals surface area (Å²) in [5, 5.41) is 27.6. The Labute approximate surface area is 200 Å². The maximum absolute atomic E-state index is 12.6. The highest BCUT2D eigenvalue weighted by Gasteiger charge is 2.60. The normalized spacial score (nSPS) is 26.8. The summed E-state index contributed by atoms with van der Waals surface area (Å²) in [5.41, 5.74) is -0.212. The number of aliphatic hydroxyl groups is 2. The Morgan fingerprint density at radius 3 is 2.73 bits per heavy atom. The maximum atomic E-state index is 12.6. The van der Waals surface area contributed by atoms with Crippen LogP contribution in [0.15, 0.2) is 18.5 Å². The van der Waals surface area contributed by atoms with Crippen LogP contribution in [-0.4, -0.2) is 61.4 Å². The first kappa shape index (κ1) is 23.4. The van der Waals surface area contributed by atoms with Crippen LogP contribution in [0.1, 0.15) is 37.5 Å². The molecule has 0 radical (unpaired) electrons. The summed E-state index contributed by atoms with van der Waals surface area (Å²) in [7, 11) is 1.51. The first-order chi connectivity index (χ1) is 15.7. The minimum Gasteiger partial charge on any atom is -0.389 e. The molecule has 3 heterocycles. The molecule has 3 aromatic heterocycles. The third-order valence-electron chi connectivity index (χ3n) is 6.42. The van der Waals surface area contributed by atoms with Gasteiger partial charge in [0.2, 0.25) is 11.7 Å². The number of hydrogen-bond acceptors (Lipinski definition) is 8.